The number of hydrogen-bond donors (Lipinski definition) is 4. The summed E-state index contributed by atoms with van der Waals surface area (Å²) in [5.41, 5.74) is 8.81. The maximum absolute atomic E-state index is 13.0. The van der Waals surface area contributed by atoms with Crippen molar-refractivity contribution in [3.8, 4) is 22.3 Å². The van der Waals surface area contributed by atoms with Gasteiger partial charge in [0.2, 0.25) is 5.91 Å². The van der Waals surface area contributed by atoms with Crippen molar-refractivity contribution in [2.45, 2.75) is 37.6 Å². The quantitative estimate of drug-likeness (QED) is 0.0977. The number of amides is 1. The lowest BCUT2D eigenvalue weighted by Gasteiger charge is -2.21. The highest BCUT2D eigenvalue weighted by Crippen LogP contribution is 2.35. The predicted octanol–water partition coefficient (Wildman–Crippen LogP) is 11.8. The molecule has 0 aliphatic heterocycles. The lowest BCUT2D eigenvalue weighted by Crippen LogP contribution is -2.28. The topological polar surface area (TPSA) is 124 Å². The van der Waals surface area contributed by atoms with Gasteiger partial charge in [-0.1, -0.05) is 137 Å². The monoisotopic (exact) mass is 823 g/mol. The van der Waals surface area contributed by atoms with Crippen LogP contribution >= 0.6 is 46.4 Å². The van der Waals surface area contributed by atoms with E-state index < -0.39 is 5.97 Å². The number of hydrogen-bond acceptors (Lipinski definition) is 4. The highest BCUT2D eigenvalue weighted by Gasteiger charge is 2.22. The molecular weight excluding hydrogens is 788 g/mol. The molecule has 0 aliphatic rings. The minimum atomic E-state index is -0.870. The SMILES string of the molecule is C[C@H](NC(=O)CC(c1ccc(-c2cn[nH]c2)cc1)c1ccc(Cl)c(Cl)c1)c1ccccc1.O=C(O)CC(c1ccc(-c2cn[nH]c2)cc1)c1ccc(Cl)c(Cl)c1. The molecule has 0 spiro atoms. The highest BCUT2D eigenvalue weighted by molar-refractivity contribution is 6.42. The zero-order valence-corrected chi connectivity index (χ0v) is 33.1. The second kappa shape index (κ2) is 19.0. The van der Waals surface area contributed by atoms with Crippen LogP contribution in [0.2, 0.25) is 20.1 Å². The molecule has 7 rings (SSSR count). The molecule has 4 N–H and O–H groups in total. The fourth-order valence-corrected chi connectivity index (χ4v) is 7.05. The van der Waals surface area contributed by atoms with Gasteiger partial charge in [0.05, 0.1) is 44.9 Å². The van der Waals surface area contributed by atoms with Crippen LogP contribution in [-0.4, -0.2) is 37.4 Å². The maximum atomic E-state index is 13.0. The predicted molar refractivity (Wildman–Crippen MR) is 225 cm³/mol. The molecule has 0 fully saturated rings. The van der Waals surface area contributed by atoms with Gasteiger partial charge in [0, 0.05) is 41.8 Å². The molecule has 3 atom stereocenters. The number of carboxylic acids is 1. The van der Waals surface area contributed by atoms with Crippen LogP contribution in [0.5, 0.6) is 0 Å². The summed E-state index contributed by atoms with van der Waals surface area (Å²) < 4.78 is 0. The van der Waals surface area contributed by atoms with Crippen molar-refractivity contribution >= 4 is 58.3 Å². The molecule has 7 aromatic rings. The van der Waals surface area contributed by atoms with Crippen molar-refractivity contribution in [3.05, 3.63) is 188 Å². The minimum Gasteiger partial charge on any atom is -0.481 e. The van der Waals surface area contributed by atoms with Crippen molar-refractivity contribution in [2.24, 2.45) is 0 Å². The molecule has 284 valence electrons. The molecule has 2 heterocycles. The van der Waals surface area contributed by atoms with Crippen LogP contribution in [0.15, 0.2) is 140 Å². The van der Waals surface area contributed by atoms with Crippen molar-refractivity contribution in [1.29, 1.82) is 0 Å². The summed E-state index contributed by atoms with van der Waals surface area (Å²) in [7, 11) is 0. The first kappa shape index (κ1) is 40.3. The molecular formula is C44H37Cl4N5O3. The number of nitrogens with zero attached hydrogens (tertiary/aromatic N) is 2. The van der Waals surface area contributed by atoms with E-state index >= 15 is 0 Å². The van der Waals surface area contributed by atoms with Crippen LogP contribution in [0.1, 0.15) is 65.5 Å². The zero-order chi connectivity index (χ0) is 39.6. The Morgan fingerprint density at radius 3 is 1.43 bits per heavy atom. The molecule has 2 unspecified atom stereocenters. The Balaban J connectivity index is 0.000000198. The van der Waals surface area contributed by atoms with Crippen LogP contribution in [0.25, 0.3) is 22.3 Å². The average Bonchev–Trinajstić information content (AvgIpc) is 3.95. The maximum Gasteiger partial charge on any atom is 0.304 e. The molecule has 56 heavy (non-hydrogen) atoms. The zero-order valence-electron chi connectivity index (χ0n) is 30.1. The molecule has 5 aromatic carbocycles. The van der Waals surface area contributed by atoms with Crippen molar-refractivity contribution in [3.63, 3.8) is 0 Å². The Hall–Kier alpha value is -5.38. The first-order valence-corrected chi connectivity index (χ1v) is 19.2. The van der Waals surface area contributed by atoms with Crippen LogP contribution in [0.3, 0.4) is 0 Å². The van der Waals surface area contributed by atoms with Gasteiger partial charge in [-0.25, -0.2) is 0 Å². The smallest absolute Gasteiger partial charge is 0.304 e. The van der Waals surface area contributed by atoms with E-state index in [0.717, 1.165) is 50.1 Å². The third-order valence-corrected chi connectivity index (χ3v) is 10.9. The van der Waals surface area contributed by atoms with E-state index in [1.165, 1.54) is 0 Å². The second-order valence-corrected chi connectivity index (χ2v) is 14.8. The number of halogens is 4. The van der Waals surface area contributed by atoms with Gasteiger partial charge in [0.15, 0.2) is 0 Å². The third kappa shape index (κ3) is 10.5. The van der Waals surface area contributed by atoms with Gasteiger partial charge in [0.1, 0.15) is 0 Å². The van der Waals surface area contributed by atoms with Gasteiger partial charge in [-0.05, 0) is 70.1 Å². The van der Waals surface area contributed by atoms with Gasteiger partial charge >= 0.3 is 5.97 Å². The normalized spacial score (nSPS) is 12.5. The van der Waals surface area contributed by atoms with E-state index in [9.17, 15) is 14.7 Å². The molecule has 1 amide bonds. The van der Waals surface area contributed by atoms with Crippen LogP contribution in [0.4, 0.5) is 0 Å². The molecule has 0 saturated heterocycles. The Morgan fingerprint density at radius 2 is 1.02 bits per heavy atom. The number of carboxylic acid groups (broad SMARTS) is 1. The molecule has 0 saturated carbocycles. The van der Waals surface area contributed by atoms with Crippen LogP contribution in [-0.2, 0) is 9.59 Å². The number of H-pyrrole nitrogens is 2. The Bertz CT molecular complexity index is 2350. The van der Waals surface area contributed by atoms with Gasteiger partial charge in [-0.3, -0.25) is 19.8 Å². The molecule has 2 aromatic heterocycles. The van der Waals surface area contributed by atoms with E-state index in [2.05, 4.69) is 25.7 Å². The summed E-state index contributed by atoms with van der Waals surface area (Å²) >= 11 is 24.5. The summed E-state index contributed by atoms with van der Waals surface area (Å²) in [6.07, 6.45) is 7.45. The third-order valence-electron chi connectivity index (χ3n) is 9.43. The second-order valence-electron chi connectivity index (χ2n) is 13.2. The molecule has 12 heteroatoms. The summed E-state index contributed by atoms with van der Waals surface area (Å²) in [6, 6.07) is 36.5. The number of benzene rings is 5. The van der Waals surface area contributed by atoms with E-state index in [1.807, 2.05) is 116 Å². The number of aromatic amines is 2. The van der Waals surface area contributed by atoms with Gasteiger partial charge in [-0.2, -0.15) is 10.2 Å². The number of carbonyl (C=O) groups excluding carboxylic acids is 1. The number of aliphatic carboxylic acids is 1. The number of rotatable bonds is 12. The molecule has 8 nitrogen and oxygen atoms in total. The standard InChI is InChI=1S/C26H23Cl2N3O.C18H14Cl2N2O2/c1-17(18-5-3-2-4-6-18)31-26(32)14-23(21-11-12-24(27)25(28)13-21)20-9-7-19(8-10-20)22-15-29-30-16-22;19-16-6-5-13(7-17(16)20)15(8-18(23)24)12-3-1-11(2-4-12)14-9-21-22-10-14/h2-13,15-17,23H,14H2,1H3,(H,29,30)(H,31,32);1-7,9-10,15H,8H2,(H,21,22)(H,23,24)/t17-,23?;/m0./s1. The number of aromatic nitrogens is 4. The number of carbonyl (C=O) groups is 2. The average molecular weight is 826 g/mol. The van der Waals surface area contributed by atoms with Gasteiger partial charge in [-0.15, -0.1) is 0 Å². The lowest BCUT2D eigenvalue weighted by molar-refractivity contribution is -0.137. The molecule has 0 radical (unpaired) electrons. The number of nitrogens with one attached hydrogen (secondary N) is 3. The van der Waals surface area contributed by atoms with Gasteiger partial charge < -0.3 is 10.4 Å². The molecule has 0 aliphatic carbocycles. The van der Waals surface area contributed by atoms with Crippen LogP contribution < -0.4 is 5.32 Å². The summed E-state index contributed by atoms with van der Waals surface area (Å²) in [5, 5.41) is 27.8. The minimum absolute atomic E-state index is 0.0248. The Labute approximate surface area is 344 Å². The first-order chi connectivity index (χ1) is 27.0. The molecule has 0 bridgehead atoms. The van der Waals surface area contributed by atoms with Crippen molar-refractivity contribution in [1.82, 2.24) is 25.7 Å². The summed E-state index contributed by atoms with van der Waals surface area (Å²) in [6.45, 7) is 1.99. The fourth-order valence-electron chi connectivity index (χ4n) is 6.43. The van der Waals surface area contributed by atoms with E-state index in [1.54, 1.807) is 30.6 Å². The van der Waals surface area contributed by atoms with Crippen LogP contribution in [0, 0.1) is 0 Å². The Kier molecular flexibility index (Phi) is 13.7. The van der Waals surface area contributed by atoms with Crippen molar-refractivity contribution < 1.29 is 14.7 Å². The summed E-state index contributed by atoms with van der Waals surface area (Å²) in [5.74, 6) is -1.36. The highest BCUT2D eigenvalue weighted by atomic mass is 35.5. The van der Waals surface area contributed by atoms with E-state index in [0.29, 0.717) is 26.5 Å². The van der Waals surface area contributed by atoms with Gasteiger partial charge in [0.25, 0.3) is 0 Å². The van der Waals surface area contributed by atoms with E-state index in [-0.39, 0.29) is 30.2 Å². The first-order valence-electron chi connectivity index (χ1n) is 17.7. The summed E-state index contributed by atoms with van der Waals surface area (Å²) in [4.78, 5) is 24.3. The largest absolute Gasteiger partial charge is 0.481 e. The van der Waals surface area contributed by atoms with E-state index in [4.69, 9.17) is 46.4 Å². The fraction of sp³-hybridized carbons (Fsp3) is 0.136. The van der Waals surface area contributed by atoms with Crippen molar-refractivity contribution in [2.75, 3.05) is 0 Å². The Morgan fingerprint density at radius 1 is 0.571 bits per heavy atom. The lowest BCUT2D eigenvalue weighted by atomic mass is 9.87.